The highest BCUT2D eigenvalue weighted by atomic mass is 35.5. The smallest absolute Gasteiger partial charge is 0.223 e. The third-order valence-corrected chi connectivity index (χ3v) is 3.63. The number of aromatic nitrogens is 2. The Balaban J connectivity index is 2.48. The molecule has 2 rings (SSSR count). The van der Waals surface area contributed by atoms with Gasteiger partial charge in [-0.25, -0.2) is 9.97 Å². The predicted molar refractivity (Wildman–Crippen MR) is 89.0 cm³/mol. The Kier molecular flexibility index (Phi) is 5.32. The van der Waals surface area contributed by atoms with E-state index < -0.39 is 0 Å². The van der Waals surface area contributed by atoms with E-state index in [4.69, 9.17) is 32.7 Å². The van der Waals surface area contributed by atoms with Crippen LogP contribution in [0.25, 0.3) is 0 Å². The summed E-state index contributed by atoms with van der Waals surface area (Å²) in [6.07, 6.45) is 1.54. The van der Waals surface area contributed by atoms with Gasteiger partial charge in [0.15, 0.2) is 16.7 Å². The minimum Gasteiger partial charge on any atom is -0.493 e. The normalized spacial score (nSPS) is 10.7. The van der Waals surface area contributed by atoms with Crippen LogP contribution in [0.3, 0.4) is 0 Å². The molecule has 0 radical (unpaired) electrons. The molecule has 1 aromatic heterocycles. The molecule has 0 aliphatic rings. The second-order valence-electron chi connectivity index (χ2n) is 4.92. The highest BCUT2D eigenvalue weighted by molar-refractivity contribution is 6.33. The number of nitrogens with one attached hydrogen (secondary N) is 1. The third kappa shape index (κ3) is 3.54. The van der Waals surface area contributed by atoms with Crippen molar-refractivity contribution in [1.82, 2.24) is 9.97 Å². The van der Waals surface area contributed by atoms with Crippen molar-refractivity contribution in [2.24, 2.45) is 0 Å². The molecule has 118 valence electrons. The summed E-state index contributed by atoms with van der Waals surface area (Å²) in [5.74, 6) is 1.57. The Morgan fingerprint density at radius 2 is 1.68 bits per heavy atom. The van der Waals surface area contributed by atoms with Crippen LogP contribution in [0.15, 0.2) is 18.3 Å². The van der Waals surface area contributed by atoms with Gasteiger partial charge in [-0.15, -0.1) is 0 Å². The average molecular weight is 342 g/mol. The van der Waals surface area contributed by atoms with Crippen LogP contribution in [0.5, 0.6) is 11.5 Å². The fraction of sp³-hybridized carbons (Fsp3) is 0.333. The van der Waals surface area contributed by atoms with E-state index in [-0.39, 0.29) is 16.4 Å². The van der Waals surface area contributed by atoms with Crippen molar-refractivity contribution in [3.8, 4) is 11.5 Å². The van der Waals surface area contributed by atoms with Gasteiger partial charge in [-0.2, -0.15) is 0 Å². The van der Waals surface area contributed by atoms with Crippen molar-refractivity contribution in [3.05, 3.63) is 34.3 Å². The average Bonchev–Trinajstić information content (AvgIpc) is 2.49. The molecule has 1 aromatic carbocycles. The maximum absolute atomic E-state index is 6.09. The van der Waals surface area contributed by atoms with Gasteiger partial charge < -0.3 is 14.8 Å². The molecular weight excluding hydrogens is 325 g/mol. The number of methoxy groups -OCH3 is 2. The van der Waals surface area contributed by atoms with Crippen LogP contribution in [-0.4, -0.2) is 24.2 Å². The molecule has 1 N–H and O–H groups in total. The number of halogens is 2. The maximum Gasteiger partial charge on any atom is 0.223 e. The summed E-state index contributed by atoms with van der Waals surface area (Å²) < 4.78 is 10.7. The van der Waals surface area contributed by atoms with Crippen LogP contribution in [-0.2, 0) is 0 Å². The molecule has 0 spiro atoms. The molecule has 1 heterocycles. The fourth-order valence-corrected chi connectivity index (χ4v) is 2.40. The Morgan fingerprint density at radius 3 is 2.23 bits per heavy atom. The van der Waals surface area contributed by atoms with E-state index in [1.165, 1.54) is 0 Å². The van der Waals surface area contributed by atoms with E-state index in [1.807, 2.05) is 12.1 Å². The molecule has 0 aliphatic carbocycles. The number of anilines is 2. The molecule has 5 nitrogen and oxygen atoms in total. The van der Waals surface area contributed by atoms with E-state index in [9.17, 15) is 0 Å². The van der Waals surface area contributed by atoms with Gasteiger partial charge in [-0.05, 0) is 29.1 Å². The minimum absolute atomic E-state index is 0.104. The molecule has 22 heavy (non-hydrogen) atoms. The zero-order chi connectivity index (χ0) is 16.3. The van der Waals surface area contributed by atoms with Crippen molar-refractivity contribution in [2.45, 2.75) is 19.8 Å². The zero-order valence-electron chi connectivity index (χ0n) is 12.8. The van der Waals surface area contributed by atoms with Crippen molar-refractivity contribution in [3.63, 3.8) is 0 Å². The summed E-state index contributed by atoms with van der Waals surface area (Å²) >= 11 is 11.8. The summed E-state index contributed by atoms with van der Waals surface area (Å²) in [4.78, 5) is 7.86. The Morgan fingerprint density at radius 1 is 1.05 bits per heavy atom. The largest absolute Gasteiger partial charge is 0.493 e. The number of hydrogen-bond acceptors (Lipinski definition) is 5. The lowest BCUT2D eigenvalue weighted by molar-refractivity contribution is 0.354. The van der Waals surface area contributed by atoms with Crippen LogP contribution >= 0.6 is 23.2 Å². The molecule has 0 saturated carbocycles. The van der Waals surface area contributed by atoms with Crippen LogP contribution in [0.4, 0.5) is 11.4 Å². The number of benzene rings is 1. The Labute approximate surface area is 139 Å². The lowest BCUT2D eigenvalue weighted by Gasteiger charge is -2.18. The first-order chi connectivity index (χ1) is 10.5. The van der Waals surface area contributed by atoms with E-state index in [0.29, 0.717) is 17.2 Å². The Hall–Kier alpha value is -1.72. The summed E-state index contributed by atoms with van der Waals surface area (Å²) in [6.45, 7) is 4.18. The van der Waals surface area contributed by atoms with Gasteiger partial charge in [0.2, 0.25) is 5.28 Å². The number of ether oxygens (including phenoxy) is 2. The predicted octanol–water partition coefficient (Wildman–Crippen LogP) is 4.67. The number of nitrogens with zero attached hydrogens (tertiary/aromatic N) is 2. The maximum atomic E-state index is 6.09. The molecule has 0 bridgehead atoms. The summed E-state index contributed by atoms with van der Waals surface area (Å²) in [7, 11) is 3.20. The summed E-state index contributed by atoms with van der Waals surface area (Å²) in [5.41, 5.74) is 2.48. The molecule has 7 heteroatoms. The first-order valence-corrected chi connectivity index (χ1v) is 7.42. The summed E-state index contributed by atoms with van der Waals surface area (Å²) in [5, 5.41) is 3.58. The SMILES string of the molecule is COc1cc(Nc2cnc(Cl)nc2Cl)c(C(C)C)cc1OC. The Bertz CT molecular complexity index is 678. The standard InChI is InChI=1S/C15H17Cl2N3O2/c1-8(2)9-5-12(21-3)13(22-4)6-10(9)19-11-7-18-15(17)20-14(11)16/h5-8,19H,1-4H3. The topological polar surface area (TPSA) is 56.3 Å². The van der Waals surface area contributed by atoms with E-state index in [0.717, 1.165) is 11.3 Å². The van der Waals surface area contributed by atoms with Crippen molar-refractivity contribution < 1.29 is 9.47 Å². The van der Waals surface area contributed by atoms with Gasteiger partial charge in [-0.3, -0.25) is 0 Å². The van der Waals surface area contributed by atoms with Crippen molar-refractivity contribution >= 4 is 34.6 Å². The van der Waals surface area contributed by atoms with Gasteiger partial charge in [-0.1, -0.05) is 25.4 Å². The van der Waals surface area contributed by atoms with Gasteiger partial charge >= 0.3 is 0 Å². The zero-order valence-corrected chi connectivity index (χ0v) is 14.3. The quantitative estimate of drug-likeness (QED) is 0.632. The number of hydrogen-bond donors (Lipinski definition) is 1. The van der Waals surface area contributed by atoms with Gasteiger partial charge in [0.05, 0.1) is 26.1 Å². The van der Waals surface area contributed by atoms with E-state index in [2.05, 4.69) is 29.1 Å². The number of rotatable bonds is 5. The monoisotopic (exact) mass is 341 g/mol. The molecule has 0 fully saturated rings. The van der Waals surface area contributed by atoms with Crippen LogP contribution in [0.2, 0.25) is 10.4 Å². The molecule has 2 aromatic rings. The van der Waals surface area contributed by atoms with E-state index >= 15 is 0 Å². The lowest BCUT2D eigenvalue weighted by Crippen LogP contribution is -2.02. The molecule has 0 saturated heterocycles. The van der Waals surface area contributed by atoms with Gasteiger partial charge in [0.25, 0.3) is 0 Å². The second-order valence-corrected chi connectivity index (χ2v) is 5.61. The fourth-order valence-electron chi connectivity index (χ4n) is 2.05. The molecular formula is C15H17Cl2N3O2. The van der Waals surface area contributed by atoms with E-state index in [1.54, 1.807) is 20.4 Å². The van der Waals surface area contributed by atoms with Crippen LogP contribution in [0, 0.1) is 0 Å². The summed E-state index contributed by atoms with van der Waals surface area (Å²) in [6, 6.07) is 3.80. The van der Waals surface area contributed by atoms with Crippen LogP contribution < -0.4 is 14.8 Å². The highest BCUT2D eigenvalue weighted by Crippen LogP contribution is 2.38. The first kappa shape index (κ1) is 16.6. The highest BCUT2D eigenvalue weighted by Gasteiger charge is 2.15. The van der Waals surface area contributed by atoms with Gasteiger partial charge in [0, 0.05) is 11.8 Å². The van der Waals surface area contributed by atoms with Crippen molar-refractivity contribution in [1.29, 1.82) is 0 Å². The molecule has 0 atom stereocenters. The minimum atomic E-state index is 0.104. The molecule has 0 aliphatic heterocycles. The van der Waals surface area contributed by atoms with Gasteiger partial charge in [0.1, 0.15) is 0 Å². The molecule has 0 unspecified atom stereocenters. The first-order valence-electron chi connectivity index (χ1n) is 6.67. The van der Waals surface area contributed by atoms with Crippen LogP contribution in [0.1, 0.15) is 25.3 Å². The molecule has 0 amide bonds. The lowest BCUT2D eigenvalue weighted by atomic mass is 10.00. The second kappa shape index (κ2) is 7.03. The third-order valence-electron chi connectivity index (χ3n) is 3.16. The van der Waals surface area contributed by atoms with Crippen molar-refractivity contribution in [2.75, 3.05) is 19.5 Å².